The van der Waals surface area contributed by atoms with Crippen molar-refractivity contribution in [3.63, 3.8) is 0 Å². The third-order valence-electron chi connectivity index (χ3n) is 5.76. The van der Waals surface area contributed by atoms with Crippen LogP contribution in [0.4, 0.5) is 5.69 Å². The third-order valence-corrected chi connectivity index (χ3v) is 8.66. The molecule has 0 unspecified atom stereocenters. The Morgan fingerprint density at radius 2 is 1.76 bits per heavy atom. The highest BCUT2D eigenvalue weighted by atomic mass is 32.2. The van der Waals surface area contributed by atoms with Gasteiger partial charge in [0.1, 0.15) is 5.75 Å². The van der Waals surface area contributed by atoms with Crippen molar-refractivity contribution in [3.8, 4) is 5.75 Å². The van der Waals surface area contributed by atoms with Gasteiger partial charge in [0, 0.05) is 11.7 Å². The predicted molar refractivity (Wildman–Crippen MR) is 137 cm³/mol. The van der Waals surface area contributed by atoms with Crippen LogP contribution in [0, 0.1) is 6.92 Å². The van der Waals surface area contributed by atoms with E-state index in [9.17, 15) is 13.2 Å². The Morgan fingerprint density at radius 1 is 1.03 bits per heavy atom. The molecule has 0 saturated carbocycles. The van der Waals surface area contributed by atoms with Crippen LogP contribution < -0.4 is 14.4 Å². The van der Waals surface area contributed by atoms with Crippen LogP contribution in [0.3, 0.4) is 0 Å². The Hall–Kier alpha value is -3.36. The normalized spacial score (nSPS) is 12.4. The fourth-order valence-electron chi connectivity index (χ4n) is 3.74. The molecule has 0 spiro atoms. The van der Waals surface area contributed by atoms with Gasteiger partial charge in [0.15, 0.2) is 0 Å². The molecule has 176 valence electrons. The number of hydrogen-bond acceptors (Lipinski definition) is 5. The molecule has 0 aliphatic rings. The quantitative estimate of drug-likeness (QED) is 0.366. The number of nitrogens with zero attached hydrogens (tertiary/aromatic N) is 1. The zero-order valence-corrected chi connectivity index (χ0v) is 21.0. The second-order valence-corrected chi connectivity index (χ2v) is 11.1. The van der Waals surface area contributed by atoms with Crippen LogP contribution in [0.15, 0.2) is 77.7 Å². The number of aryl methyl sites for hydroxylation is 1. The number of thiophene rings is 1. The van der Waals surface area contributed by atoms with E-state index in [0.29, 0.717) is 16.3 Å². The zero-order valence-electron chi connectivity index (χ0n) is 19.4. The minimum absolute atomic E-state index is 0.126. The van der Waals surface area contributed by atoms with Gasteiger partial charge in [-0.15, -0.1) is 11.3 Å². The first kappa shape index (κ1) is 23.8. The first-order valence-electron chi connectivity index (χ1n) is 10.7. The molecule has 1 N–H and O–H groups in total. The van der Waals surface area contributed by atoms with Gasteiger partial charge in [0.05, 0.1) is 28.6 Å². The zero-order chi connectivity index (χ0) is 24.5. The summed E-state index contributed by atoms with van der Waals surface area (Å²) in [6.45, 7) is 3.75. The van der Waals surface area contributed by atoms with Crippen LogP contribution in [0.2, 0.25) is 0 Å². The topological polar surface area (TPSA) is 75.7 Å². The lowest BCUT2D eigenvalue weighted by atomic mass is 10.1. The maximum absolute atomic E-state index is 13.2. The molecule has 0 saturated heterocycles. The minimum atomic E-state index is -3.76. The summed E-state index contributed by atoms with van der Waals surface area (Å²) in [6.07, 6.45) is 0. The van der Waals surface area contributed by atoms with Crippen molar-refractivity contribution in [2.75, 3.05) is 18.5 Å². The van der Waals surface area contributed by atoms with Crippen molar-refractivity contribution in [1.82, 2.24) is 5.32 Å². The van der Waals surface area contributed by atoms with Gasteiger partial charge in [0.2, 0.25) is 0 Å². The molecular weight excluding hydrogens is 468 g/mol. The fourth-order valence-corrected chi connectivity index (χ4v) is 5.96. The molecular formula is C26H26N2O4S2. The van der Waals surface area contributed by atoms with E-state index >= 15 is 0 Å². The Balaban J connectivity index is 1.58. The van der Waals surface area contributed by atoms with E-state index in [-0.39, 0.29) is 16.8 Å². The highest BCUT2D eigenvalue weighted by molar-refractivity contribution is 7.92. The van der Waals surface area contributed by atoms with Gasteiger partial charge in [-0.3, -0.25) is 9.10 Å². The molecule has 1 atom stereocenters. The molecule has 34 heavy (non-hydrogen) atoms. The molecule has 0 fully saturated rings. The maximum atomic E-state index is 13.2. The van der Waals surface area contributed by atoms with Crippen molar-refractivity contribution in [1.29, 1.82) is 0 Å². The summed E-state index contributed by atoms with van der Waals surface area (Å²) in [6, 6.07) is 21.6. The van der Waals surface area contributed by atoms with Gasteiger partial charge in [-0.25, -0.2) is 8.42 Å². The molecule has 0 aliphatic heterocycles. The second-order valence-electron chi connectivity index (χ2n) is 8.04. The summed E-state index contributed by atoms with van der Waals surface area (Å²) in [4.78, 5) is 13.6. The van der Waals surface area contributed by atoms with E-state index in [2.05, 4.69) is 5.32 Å². The molecule has 1 heterocycles. The lowest BCUT2D eigenvalue weighted by Gasteiger charge is -2.20. The Bertz CT molecular complexity index is 1450. The van der Waals surface area contributed by atoms with Gasteiger partial charge in [-0.2, -0.15) is 0 Å². The van der Waals surface area contributed by atoms with E-state index in [1.54, 1.807) is 44.4 Å². The van der Waals surface area contributed by atoms with Crippen LogP contribution in [0.1, 0.15) is 33.8 Å². The van der Waals surface area contributed by atoms with Gasteiger partial charge >= 0.3 is 0 Å². The molecule has 4 rings (SSSR count). The summed E-state index contributed by atoms with van der Waals surface area (Å²) in [5.41, 5.74) is 2.29. The first-order chi connectivity index (χ1) is 16.2. The van der Waals surface area contributed by atoms with Crippen molar-refractivity contribution in [3.05, 3.63) is 88.8 Å². The number of methoxy groups -OCH3 is 1. The van der Waals surface area contributed by atoms with E-state index in [0.717, 1.165) is 21.2 Å². The SMILES string of the molecule is COc1ccc(S(=O)(=O)N(C)c2ccc3sc(C(=O)N[C@H](C)c4ccccc4)cc3c2)cc1C. The monoisotopic (exact) mass is 494 g/mol. The molecule has 6 nitrogen and oxygen atoms in total. The number of benzene rings is 3. The van der Waals surface area contributed by atoms with E-state index in [4.69, 9.17) is 4.74 Å². The summed E-state index contributed by atoms with van der Waals surface area (Å²) in [7, 11) is -0.686. The van der Waals surface area contributed by atoms with Gasteiger partial charge in [0.25, 0.3) is 15.9 Å². The first-order valence-corrected chi connectivity index (χ1v) is 13.0. The largest absolute Gasteiger partial charge is 0.496 e. The lowest BCUT2D eigenvalue weighted by molar-refractivity contribution is 0.0944. The van der Waals surface area contributed by atoms with Gasteiger partial charge in [-0.1, -0.05) is 30.3 Å². The van der Waals surface area contributed by atoms with Gasteiger partial charge in [-0.05, 0) is 72.8 Å². The van der Waals surface area contributed by atoms with Gasteiger partial charge < -0.3 is 10.1 Å². The van der Waals surface area contributed by atoms with Crippen molar-refractivity contribution < 1.29 is 17.9 Å². The molecule has 1 aromatic heterocycles. The molecule has 4 aromatic rings. The summed E-state index contributed by atoms with van der Waals surface area (Å²) >= 11 is 1.38. The van der Waals surface area contributed by atoms with E-state index < -0.39 is 10.0 Å². The Morgan fingerprint density at radius 3 is 2.44 bits per heavy atom. The highest BCUT2D eigenvalue weighted by Crippen LogP contribution is 2.32. The number of fused-ring (bicyclic) bond motifs is 1. The lowest BCUT2D eigenvalue weighted by Crippen LogP contribution is -2.26. The van der Waals surface area contributed by atoms with Crippen molar-refractivity contribution in [2.24, 2.45) is 0 Å². The molecule has 0 aliphatic carbocycles. The number of hydrogen-bond donors (Lipinski definition) is 1. The van der Waals surface area contributed by atoms with Crippen LogP contribution in [-0.4, -0.2) is 28.5 Å². The smallest absolute Gasteiger partial charge is 0.264 e. The molecule has 0 radical (unpaired) electrons. The molecule has 0 bridgehead atoms. The molecule has 3 aromatic carbocycles. The summed E-state index contributed by atoms with van der Waals surface area (Å²) in [5.74, 6) is 0.475. The Kier molecular flexibility index (Phi) is 6.63. The average Bonchev–Trinajstić information content (AvgIpc) is 3.27. The second kappa shape index (κ2) is 9.48. The molecule has 1 amide bonds. The number of rotatable bonds is 7. The predicted octanol–water partition coefficient (Wildman–Crippen LogP) is 5.53. The standard InChI is InChI=1S/C26H26N2O4S2/c1-17-14-22(11-12-23(17)32-4)34(30,31)28(3)21-10-13-24-20(15-21)16-25(33-24)26(29)27-18(2)19-8-6-5-7-9-19/h5-16,18H,1-4H3,(H,27,29)/t18-/m1/s1. The number of sulfonamides is 1. The number of carbonyl (C=O) groups excluding carboxylic acids is 1. The maximum Gasteiger partial charge on any atom is 0.264 e. The van der Waals surface area contributed by atoms with Crippen molar-refractivity contribution >= 4 is 43.0 Å². The third kappa shape index (κ3) is 4.64. The van der Waals surface area contributed by atoms with E-state index in [1.807, 2.05) is 43.3 Å². The number of nitrogens with one attached hydrogen (secondary N) is 1. The number of anilines is 1. The Labute approximate surface area is 203 Å². The van der Waals surface area contributed by atoms with Crippen molar-refractivity contribution in [2.45, 2.75) is 24.8 Å². The summed E-state index contributed by atoms with van der Waals surface area (Å²) < 4.78 is 33.8. The highest BCUT2D eigenvalue weighted by Gasteiger charge is 2.23. The minimum Gasteiger partial charge on any atom is -0.496 e. The van der Waals surface area contributed by atoms with Crippen LogP contribution >= 0.6 is 11.3 Å². The van der Waals surface area contributed by atoms with Crippen LogP contribution in [0.5, 0.6) is 5.75 Å². The number of ether oxygens (including phenoxy) is 1. The molecule has 8 heteroatoms. The summed E-state index contributed by atoms with van der Waals surface area (Å²) in [5, 5.41) is 3.84. The van der Waals surface area contributed by atoms with Crippen LogP contribution in [0.25, 0.3) is 10.1 Å². The average molecular weight is 495 g/mol. The number of amides is 1. The number of carbonyl (C=O) groups is 1. The van der Waals surface area contributed by atoms with E-state index in [1.165, 1.54) is 28.8 Å². The fraction of sp³-hybridized carbons (Fsp3) is 0.192. The van der Waals surface area contributed by atoms with Crippen LogP contribution in [-0.2, 0) is 10.0 Å².